The number of aromatic amines is 1. The summed E-state index contributed by atoms with van der Waals surface area (Å²) in [5.41, 5.74) is 2.58. The Morgan fingerprint density at radius 2 is 2.08 bits per heavy atom. The molecular formula is C20H21N5O. The molecule has 3 heterocycles. The van der Waals surface area contributed by atoms with Gasteiger partial charge in [0.15, 0.2) is 5.82 Å². The van der Waals surface area contributed by atoms with Crippen molar-refractivity contribution in [3.05, 3.63) is 65.7 Å². The molecule has 26 heavy (non-hydrogen) atoms. The highest BCUT2D eigenvalue weighted by Gasteiger charge is 2.28. The predicted molar refractivity (Wildman–Crippen MR) is 98.5 cm³/mol. The van der Waals surface area contributed by atoms with Gasteiger partial charge in [0.05, 0.1) is 5.56 Å². The van der Waals surface area contributed by atoms with Crippen LogP contribution in [0.4, 0.5) is 0 Å². The molecule has 0 bridgehead atoms. The van der Waals surface area contributed by atoms with Crippen molar-refractivity contribution in [1.29, 1.82) is 0 Å². The number of pyridine rings is 1. The lowest BCUT2D eigenvalue weighted by molar-refractivity contribution is 0.0786. The molecule has 2 aromatic heterocycles. The summed E-state index contributed by atoms with van der Waals surface area (Å²) in [6.07, 6.45) is 3.44. The summed E-state index contributed by atoms with van der Waals surface area (Å²) in [4.78, 5) is 23.3. The Morgan fingerprint density at radius 3 is 2.85 bits per heavy atom. The standard InChI is InChI=1S/C20H21N5O/c1-14-7-8-17(12-21-14)20(26)25-10-9-15(13-25)11-18-22-19(24-23-18)16-5-3-2-4-6-16/h2-8,12,15H,9-11,13H2,1H3,(H,22,23,24). The quantitative estimate of drug-likeness (QED) is 0.787. The van der Waals surface area contributed by atoms with Crippen LogP contribution in [-0.4, -0.2) is 44.1 Å². The van der Waals surface area contributed by atoms with E-state index in [4.69, 9.17) is 0 Å². The van der Waals surface area contributed by atoms with E-state index in [0.717, 1.165) is 48.8 Å². The molecule has 1 unspecified atom stereocenters. The van der Waals surface area contributed by atoms with Crippen LogP contribution in [0.25, 0.3) is 11.4 Å². The van der Waals surface area contributed by atoms with Gasteiger partial charge in [-0.2, -0.15) is 5.10 Å². The second-order valence-corrected chi connectivity index (χ2v) is 6.77. The van der Waals surface area contributed by atoms with Crippen LogP contribution in [0.2, 0.25) is 0 Å². The SMILES string of the molecule is Cc1ccc(C(=O)N2CCC(Cc3nc(-c4ccccc4)n[nH]3)C2)cn1. The zero-order chi connectivity index (χ0) is 17.9. The highest BCUT2D eigenvalue weighted by Crippen LogP contribution is 2.22. The van der Waals surface area contributed by atoms with Crippen molar-refractivity contribution in [2.45, 2.75) is 19.8 Å². The van der Waals surface area contributed by atoms with Gasteiger partial charge in [-0.3, -0.25) is 14.9 Å². The summed E-state index contributed by atoms with van der Waals surface area (Å²) in [6, 6.07) is 13.7. The van der Waals surface area contributed by atoms with E-state index in [2.05, 4.69) is 20.2 Å². The number of rotatable bonds is 4. The van der Waals surface area contributed by atoms with Crippen LogP contribution in [0.5, 0.6) is 0 Å². The highest BCUT2D eigenvalue weighted by molar-refractivity contribution is 5.94. The van der Waals surface area contributed by atoms with Crippen LogP contribution >= 0.6 is 0 Å². The number of aryl methyl sites for hydroxylation is 1. The molecule has 4 rings (SSSR count). The number of nitrogens with one attached hydrogen (secondary N) is 1. The fourth-order valence-corrected chi connectivity index (χ4v) is 3.34. The number of hydrogen-bond donors (Lipinski definition) is 1. The minimum absolute atomic E-state index is 0.0579. The Kier molecular flexibility index (Phi) is 4.48. The van der Waals surface area contributed by atoms with Gasteiger partial charge < -0.3 is 4.90 Å². The van der Waals surface area contributed by atoms with Crippen molar-refractivity contribution in [2.24, 2.45) is 5.92 Å². The van der Waals surface area contributed by atoms with Gasteiger partial charge in [0, 0.05) is 37.0 Å². The second-order valence-electron chi connectivity index (χ2n) is 6.77. The lowest BCUT2D eigenvalue weighted by Crippen LogP contribution is -2.29. The number of carbonyl (C=O) groups is 1. The van der Waals surface area contributed by atoms with E-state index in [1.54, 1.807) is 6.20 Å². The average Bonchev–Trinajstić information content (AvgIpc) is 3.33. The molecule has 1 aliphatic rings. The van der Waals surface area contributed by atoms with Crippen LogP contribution in [0, 0.1) is 12.8 Å². The molecule has 1 N–H and O–H groups in total. The van der Waals surface area contributed by atoms with E-state index in [0.29, 0.717) is 11.5 Å². The lowest BCUT2D eigenvalue weighted by Gasteiger charge is -2.16. The first-order valence-corrected chi connectivity index (χ1v) is 8.87. The molecule has 6 nitrogen and oxygen atoms in total. The third-order valence-corrected chi connectivity index (χ3v) is 4.78. The average molecular weight is 347 g/mol. The molecule has 6 heteroatoms. The maximum atomic E-state index is 12.6. The first-order valence-electron chi connectivity index (χ1n) is 8.87. The maximum Gasteiger partial charge on any atom is 0.255 e. The molecule has 1 atom stereocenters. The number of likely N-dealkylation sites (tertiary alicyclic amines) is 1. The molecule has 0 radical (unpaired) electrons. The van der Waals surface area contributed by atoms with E-state index >= 15 is 0 Å². The summed E-state index contributed by atoms with van der Waals surface area (Å²) >= 11 is 0. The van der Waals surface area contributed by atoms with E-state index in [1.807, 2.05) is 54.3 Å². The van der Waals surface area contributed by atoms with Crippen molar-refractivity contribution in [3.8, 4) is 11.4 Å². The molecule has 1 aromatic carbocycles. The van der Waals surface area contributed by atoms with E-state index in [9.17, 15) is 4.79 Å². The number of hydrogen-bond acceptors (Lipinski definition) is 4. The normalized spacial score (nSPS) is 16.8. The van der Waals surface area contributed by atoms with Crippen LogP contribution < -0.4 is 0 Å². The number of H-pyrrole nitrogens is 1. The van der Waals surface area contributed by atoms with Gasteiger partial charge in [-0.05, 0) is 31.4 Å². The second kappa shape index (κ2) is 7.07. The lowest BCUT2D eigenvalue weighted by atomic mass is 10.0. The van der Waals surface area contributed by atoms with Crippen molar-refractivity contribution in [1.82, 2.24) is 25.1 Å². The van der Waals surface area contributed by atoms with E-state index < -0.39 is 0 Å². The predicted octanol–water partition coefficient (Wildman–Crippen LogP) is 2.88. The third kappa shape index (κ3) is 3.49. The molecule has 1 fully saturated rings. The van der Waals surface area contributed by atoms with Crippen LogP contribution in [-0.2, 0) is 6.42 Å². The Balaban J connectivity index is 1.38. The van der Waals surface area contributed by atoms with Crippen LogP contribution in [0.3, 0.4) is 0 Å². The van der Waals surface area contributed by atoms with Crippen LogP contribution in [0.1, 0.15) is 28.3 Å². The fraction of sp³-hybridized carbons (Fsp3) is 0.300. The molecule has 0 spiro atoms. The Hall–Kier alpha value is -3.02. The number of carbonyl (C=O) groups excluding carboxylic acids is 1. The fourth-order valence-electron chi connectivity index (χ4n) is 3.34. The van der Waals surface area contributed by atoms with Gasteiger partial charge in [0.25, 0.3) is 5.91 Å². The van der Waals surface area contributed by atoms with Crippen molar-refractivity contribution in [3.63, 3.8) is 0 Å². The van der Waals surface area contributed by atoms with Crippen LogP contribution in [0.15, 0.2) is 48.7 Å². The van der Waals surface area contributed by atoms with Gasteiger partial charge >= 0.3 is 0 Å². The largest absolute Gasteiger partial charge is 0.338 e. The molecule has 1 aliphatic heterocycles. The summed E-state index contributed by atoms with van der Waals surface area (Å²) in [6.45, 7) is 3.44. The summed E-state index contributed by atoms with van der Waals surface area (Å²) in [7, 11) is 0. The van der Waals surface area contributed by atoms with Gasteiger partial charge in [0.1, 0.15) is 5.82 Å². The number of amides is 1. The molecule has 132 valence electrons. The van der Waals surface area contributed by atoms with E-state index in [-0.39, 0.29) is 5.91 Å². The highest BCUT2D eigenvalue weighted by atomic mass is 16.2. The van der Waals surface area contributed by atoms with Gasteiger partial charge in [-0.15, -0.1) is 0 Å². The Morgan fingerprint density at radius 1 is 1.23 bits per heavy atom. The maximum absolute atomic E-state index is 12.6. The zero-order valence-electron chi connectivity index (χ0n) is 14.7. The monoisotopic (exact) mass is 347 g/mol. The van der Waals surface area contributed by atoms with Crippen molar-refractivity contribution < 1.29 is 4.79 Å². The smallest absolute Gasteiger partial charge is 0.255 e. The summed E-state index contributed by atoms with van der Waals surface area (Å²) < 4.78 is 0. The number of nitrogens with zero attached hydrogens (tertiary/aromatic N) is 4. The minimum Gasteiger partial charge on any atom is -0.338 e. The number of benzene rings is 1. The van der Waals surface area contributed by atoms with Gasteiger partial charge in [0.2, 0.25) is 0 Å². The number of aromatic nitrogens is 4. The Labute approximate surface area is 152 Å². The third-order valence-electron chi connectivity index (χ3n) is 4.78. The van der Waals surface area contributed by atoms with Crippen molar-refractivity contribution in [2.75, 3.05) is 13.1 Å². The molecular weight excluding hydrogens is 326 g/mol. The summed E-state index contributed by atoms with van der Waals surface area (Å²) in [5.74, 6) is 2.05. The first-order chi connectivity index (χ1) is 12.7. The molecule has 1 saturated heterocycles. The molecule has 0 saturated carbocycles. The molecule has 3 aromatic rings. The minimum atomic E-state index is 0.0579. The molecule has 0 aliphatic carbocycles. The van der Waals surface area contributed by atoms with Crippen molar-refractivity contribution >= 4 is 5.91 Å². The van der Waals surface area contributed by atoms with E-state index in [1.165, 1.54) is 0 Å². The summed E-state index contributed by atoms with van der Waals surface area (Å²) in [5, 5.41) is 7.35. The zero-order valence-corrected chi connectivity index (χ0v) is 14.7. The van der Waals surface area contributed by atoms with Gasteiger partial charge in [-0.25, -0.2) is 4.98 Å². The molecule has 1 amide bonds. The topological polar surface area (TPSA) is 74.8 Å². The first kappa shape index (κ1) is 16.4. The van der Waals surface area contributed by atoms with Gasteiger partial charge in [-0.1, -0.05) is 30.3 Å². The Bertz CT molecular complexity index is 888.